The second-order valence-corrected chi connectivity index (χ2v) is 9.67. The van der Waals surface area contributed by atoms with Gasteiger partial charge in [0.15, 0.2) is 0 Å². The first-order valence-electron chi connectivity index (χ1n) is 9.15. The third kappa shape index (κ3) is 4.39. The molecule has 4 nitrogen and oxygen atoms in total. The fourth-order valence-corrected chi connectivity index (χ4v) is 5.95. The Morgan fingerprint density at radius 2 is 1.52 bits per heavy atom. The van der Waals surface area contributed by atoms with Crippen LogP contribution in [0, 0.1) is 20.8 Å². The normalized spacial score (nSPS) is 13.1. The highest BCUT2D eigenvalue weighted by molar-refractivity contribution is 7.95. The second kappa shape index (κ2) is 8.67. The zero-order valence-electron chi connectivity index (χ0n) is 16.7. The minimum atomic E-state index is -3.77. The zero-order chi connectivity index (χ0) is 20.2. The lowest BCUT2D eigenvalue weighted by molar-refractivity contribution is 0.103. The van der Waals surface area contributed by atoms with Gasteiger partial charge in [0.25, 0.3) is 0 Å². The van der Waals surface area contributed by atoms with E-state index in [1.807, 2.05) is 39.8 Å². The summed E-state index contributed by atoms with van der Waals surface area (Å²) in [6.45, 7) is 7.56. The molecule has 0 aliphatic heterocycles. The van der Waals surface area contributed by atoms with Crippen molar-refractivity contribution in [3.05, 3.63) is 64.2 Å². The number of ether oxygens (including phenoxy) is 1. The Morgan fingerprint density at radius 1 is 0.963 bits per heavy atom. The minimum absolute atomic E-state index is 0.0972. The molecule has 1 unspecified atom stereocenters. The Bertz CT molecular complexity index is 874. The summed E-state index contributed by atoms with van der Waals surface area (Å²) in [6, 6.07) is 10.2. The van der Waals surface area contributed by atoms with Gasteiger partial charge >= 0.3 is 0 Å². The van der Waals surface area contributed by atoms with Gasteiger partial charge in [-0.05, 0) is 62.6 Å². The maximum absolute atomic E-state index is 13.8. The number of benzene rings is 2. The van der Waals surface area contributed by atoms with Crippen LogP contribution in [0.5, 0.6) is 5.75 Å². The molecule has 0 N–H and O–H groups in total. The van der Waals surface area contributed by atoms with Crippen LogP contribution in [0.2, 0.25) is 0 Å². The molecule has 0 saturated heterocycles. The molecule has 5 heteroatoms. The average molecular weight is 386 g/mol. The van der Waals surface area contributed by atoms with Crippen molar-refractivity contribution in [2.24, 2.45) is 0 Å². The van der Waals surface area contributed by atoms with Crippen LogP contribution < -0.4 is 4.74 Å². The average Bonchev–Trinajstić information content (AvgIpc) is 2.64. The van der Waals surface area contributed by atoms with Crippen molar-refractivity contribution in [1.29, 1.82) is 0 Å². The van der Waals surface area contributed by atoms with Gasteiger partial charge in [-0.15, -0.1) is 0 Å². The lowest BCUT2D eigenvalue weighted by Crippen LogP contribution is -2.16. The number of unbranched alkanes of at least 4 members (excludes halogenated alkanes) is 1. The van der Waals surface area contributed by atoms with Gasteiger partial charge in [-0.3, -0.25) is 9.59 Å². The number of aryl methyl sites for hydroxylation is 3. The van der Waals surface area contributed by atoms with E-state index in [2.05, 4.69) is 0 Å². The van der Waals surface area contributed by atoms with Crippen LogP contribution >= 0.6 is 7.14 Å². The first kappa shape index (κ1) is 21.1. The van der Waals surface area contributed by atoms with Crippen LogP contribution in [0.1, 0.15) is 57.2 Å². The van der Waals surface area contributed by atoms with Crippen LogP contribution in [-0.4, -0.2) is 24.3 Å². The summed E-state index contributed by atoms with van der Waals surface area (Å²) >= 11 is 0. The van der Waals surface area contributed by atoms with E-state index in [1.54, 1.807) is 24.3 Å². The number of rotatable bonds is 8. The molecule has 0 fully saturated rings. The van der Waals surface area contributed by atoms with Crippen LogP contribution in [0.25, 0.3) is 0 Å². The van der Waals surface area contributed by atoms with E-state index >= 15 is 0 Å². The standard InChI is InChI=1S/C22H27O4P/c1-6-7-12-27(25,21(23)18-8-10-19(26-5)11-9-18)22(24)20-16(3)13-15(2)14-17(20)4/h8-11,13-14H,6-7,12H2,1-5H3. The fourth-order valence-electron chi connectivity index (χ4n) is 3.32. The Balaban J connectivity index is 2.53. The molecule has 0 aliphatic carbocycles. The Kier molecular flexibility index (Phi) is 6.78. The van der Waals surface area contributed by atoms with Crippen molar-refractivity contribution >= 4 is 18.2 Å². The summed E-state index contributed by atoms with van der Waals surface area (Å²) in [5, 5.41) is 0. The summed E-state index contributed by atoms with van der Waals surface area (Å²) in [4.78, 5) is 26.5. The number of carbonyl (C=O) groups excluding carboxylic acids is 2. The molecule has 0 aromatic heterocycles. The van der Waals surface area contributed by atoms with E-state index in [-0.39, 0.29) is 11.7 Å². The lowest BCUT2D eigenvalue weighted by atomic mass is 10.0. The third-order valence-corrected chi connectivity index (χ3v) is 7.45. The molecule has 0 bridgehead atoms. The van der Waals surface area contributed by atoms with E-state index in [0.717, 1.165) is 23.1 Å². The van der Waals surface area contributed by atoms with Gasteiger partial charge in [-0.2, -0.15) is 0 Å². The smallest absolute Gasteiger partial charge is 0.229 e. The van der Waals surface area contributed by atoms with Crippen molar-refractivity contribution in [2.45, 2.75) is 40.5 Å². The van der Waals surface area contributed by atoms with Crippen molar-refractivity contribution < 1.29 is 18.9 Å². The third-order valence-electron chi connectivity index (χ3n) is 4.71. The maximum Gasteiger partial charge on any atom is 0.229 e. The van der Waals surface area contributed by atoms with Gasteiger partial charge in [-0.1, -0.05) is 31.0 Å². The largest absolute Gasteiger partial charge is 0.497 e. The molecule has 1 atom stereocenters. The van der Waals surface area contributed by atoms with E-state index in [4.69, 9.17) is 4.74 Å². The first-order chi connectivity index (χ1) is 12.7. The Hall–Kier alpha value is -2.19. The predicted molar refractivity (Wildman–Crippen MR) is 110 cm³/mol. The monoisotopic (exact) mass is 386 g/mol. The SMILES string of the molecule is CCCCP(=O)(C(=O)c1ccc(OC)cc1)C(=O)c1c(C)cc(C)cc1C. The van der Waals surface area contributed by atoms with Gasteiger partial charge in [0.05, 0.1) is 7.11 Å². The molecule has 144 valence electrons. The Labute approximate surface area is 161 Å². The first-order valence-corrected chi connectivity index (χ1v) is 11.0. The van der Waals surface area contributed by atoms with Crippen molar-refractivity contribution in [3.8, 4) is 5.75 Å². The molecule has 0 saturated carbocycles. The van der Waals surface area contributed by atoms with E-state index in [0.29, 0.717) is 17.7 Å². The molecule has 0 aliphatic rings. The van der Waals surface area contributed by atoms with Crippen LogP contribution in [0.4, 0.5) is 0 Å². The Morgan fingerprint density at radius 3 is 2.00 bits per heavy atom. The van der Waals surface area contributed by atoms with Gasteiger partial charge in [0.1, 0.15) is 5.75 Å². The molecule has 0 spiro atoms. The van der Waals surface area contributed by atoms with Gasteiger partial charge in [0.2, 0.25) is 18.2 Å². The highest BCUT2D eigenvalue weighted by atomic mass is 31.2. The zero-order valence-corrected chi connectivity index (χ0v) is 17.6. The summed E-state index contributed by atoms with van der Waals surface area (Å²) in [7, 11) is -2.24. The van der Waals surface area contributed by atoms with Gasteiger partial charge in [-0.25, -0.2) is 0 Å². The highest BCUT2D eigenvalue weighted by Gasteiger charge is 2.41. The summed E-state index contributed by atoms with van der Waals surface area (Å²) in [6.07, 6.45) is 1.42. The predicted octanol–water partition coefficient (Wildman–Crippen LogP) is 5.76. The summed E-state index contributed by atoms with van der Waals surface area (Å²) in [5.41, 5.74) is 2.17. The molecule has 0 radical (unpaired) electrons. The number of methoxy groups -OCH3 is 1. The maximum atomic E-state index is 13.8. The van der Waals surface area contributed by atoms with Crippen LogP contribution in [0.3, 0.4) is 0 Å². The molecular formula is C22H27O4P. The molecule has 0 heterocycles. The topological polar surface area (TPSA) is 60.4 Å². The summed E-state index contributed by atoms with van der Waals surface area (Å²) in [5.74, 6) is 0.603. The lowest BCUT2D eigenvalue weighted by Gasteiger charge is -2.19. The van der Waals surface area contributed by atoms with E-state index in [1.165, 1.54) is 7.11 Å². The molecular weight excluding hydrogens is 359 g/mol. The quantitative estimate of drug-likeness (QED) is 0.541. The molecule has 27 heavy (non-hydrogen) atoms. The van der Waals surface area contributed by atoms with Crippen LogP contribution in [-0.2, 0) is 4.57 Å². The molecule has 2 aromatic rings. The van der Waals surface area contributed by atoms with E-state index in [9.17, 15) is 14.2 Å². The minimum Gasteiger partial charge on any atom is -0.497 e. The second-order valence-electron chi connectivity index (χ2n) is 6.93. The van der Waals surface area contributed by atoms with Gasteiger partial charge < -0.3 is 9.30 Å². The number of hydrogen-bond acceptors (Lipinski definition) is 4. The van der Waals surface area contributed by atoms with E-state index < -0.39 is 18.2 Å². The molecule has 2 aromatic carbocycles. The van der Waals surface area contributed by atoms with Crippen molar-refractivity contribution in [2.75, 3.05) is 13.3 Å². The van der Waals surface area contributed by atoms with Crippen molar-refractivity contribution in [3.63, 3.8) is 0 Å². The molecule has 2 rings (SSSR count). The summed E-state index contributed by atoms with van der Waals surface area (Å²) < 4.78 is 18.9. The molecule has 0 amide bonds. The highest BCUT2D eigenvalue weighted by Crippen LogP contribution is 2.53. The number of carbonyl (C=O) groups is 2. The fraction of sp³-hybridized carbons (Fsp3) is 0.364. The van der Waals surface area contributed by atoms with Crippen molar-refractivity contribution in [1.82, 2.24) is 0 Å². The van der Waals surface area contributed by atoms with Gasteiger partial charge in [0, 0.05) is 17.3 Å². The number of hydrogen-bond donors (Lipinski definition) is 0. The van der Waals surface area contributed by atoms with Crippen LogP contribution in [0.15, 0.2) is 36.4 Å².